The fourth-order valence-corrected chi connectivity index (χ4v) is 18.8. The van der Waals surface area contributed by atoms with Gasteiger partial charge in [0.25, 0.3) is 23.6 Å². The second kappa shape index (κ2) is 38.7. The molecule has 672 valence electrons. The Bertz CT molecular complexity index is 6320. The first-order chi connectivity index (χ1) is 60.9. The summed E-state index contributed by atoms with van der Waals surface area (Å²) in [5.41, 5.74) is 4.84. The number of fused-ring (bicyclic) bond motifs is 4. The molecule has 3 aliphatic carbocycles. The van der Waals surface area contributed by atoms with Gasteiger partial charge in [-0.1, -0.05) is 71.6 Å². The summed E-state index contributed by atoms with van der Waals surface area (Å²) < 4.78 is 141. The molecule has 13 N–H and O–H groups in total. The fourth-order valence-electron chi connectivity index (χ4n) is 13.2. The van der Waals surface area contributed by atoms with Gasteiger partial charge in [-0.2, -0.15) is 21.0 Å². The molecule has 41 heteroatoms. The van der Waals surface area contributed by atoms with Gasteiger partial charge in [0, 0.05) is 93.5 Å². The highest BCUT2D eigenvalue weighted by Crippen LogP contribution is 2.39. The number of nitrogens with one attached hydrogen (secondary N) is 8. The zero-order valence-electron chi connectivity index (χ0n) is 71.1. The van der Waals surface area contributed by atoms with Gasteiger partial charge in [0.1, 0.15) is 76.0 Å². The SMILES string of the molecule is Cc1ccc(NC(=O)c2c3c(cn2C)S(=O)(=O)NC(C(O)C#CC(C)(C)O)CO3)cc1C#N.Cc1ccc(NC(=O)c2c3c(cn2C)S(=O)(=O)NC(C(O)C#CC2CC2)CO3)cc1C#N.Cc1ccc(NC(=O)c2c3c(cn2C)S(=O)(=O)N[C@@H](C(O)C#CC2CC2)CO3)cc1C#N.Cc1ccc(NC(=O)c2c3c(cn2C)S(=O)(=O)N[C@H](C(O)C#CC2CC2)CO3)cc1C#N. The predicted octanol–water partition coefficient (Wildman–Crippen LogP) is 4.45. The molecular formula is C88H90N16O21S4. The lowest BCUT2D eigenvalue weighted by Crippen LogP contribution is -2.45. The average molecular weight is 1840 g/mol. The first kappa shape index (κ1) is 94.8. The number of hydrogen-bond acceptors (Lipinski definition) is 25. The van der Waals surface area contributed by atoms with Crippen molar-refractivity contribution in [1.82, 2.24) is 37.2 Å². The highest BCUT2D eigenvalue weighted by atomic mass is 32.2. The Kier molecular flexibility index (Phi) is 28.5. The largest absolute Gasteiger partial charge is 0.488 e. The Balaban J connectivity index is 0.000000156. The first-order valence-corrected chi connectivity index (χ1v) is 46.0. The standard InChI is InChI=1S/C22H24N4O6S.3C22H22N4O5S/c1-13-5-6-15(9-14(13)10-23)24-21(28)19-20-18(11-26(19)4)33(30,31)25-16(12-32-20)17(27)7-8-22(2,3)29;3*1-13-3-7-16(9-15(13)10-23)24-22(28)20-21-19(11-26(20)2)32(29,30)25-17(12-31-21)18(27)8-6-14-4-5-14/h5-6,9,11,16-17,25,27,29H,12H2,1-4H3,(H,24,28);3*3,7,9,11,14,17-18,25,27H,4-5,12H2,1-2H3,(H,24,28)/t;2*17-,18?;/m.10./s1. The highest BCUT2D eigenvalue weighted by molar-refractivity contribution is 7.90. The summed E-state index contributed by atoms with van der Waals surface area (Å²) in [4.78, 5) is 51.1. The zero-order chi connectivity index (χ0) is 93.7. The van der Waals surface area contributed by atoms with Gasteiger partial charge in [-0.25, -0.2) is 52.6 Å². The van der Waals surface area contributed by atoms with Crippen LogP contribution in [-0.4, -0.2) is 182 Å². The van der Waals surface area contributed by atoms with Crippen LogP contribution < -0.4 is 59.1 Å². The molecule has 37 nitrogen and oxygen atoms in total. The fraction of sp³-hybridized carbons (Fsp3) is 0.364. The van der Waals surface area contributed by atoms with Crippen LogP contribution >= 0.6 is 0 Å². The van der Waals surface area contributed by atoms with E-state index in [0.29, 0.717) is 45.0 Å². The summed E-state index contributed by atoms with van der Waals surface area (Å²) in [6.45, 7) is 9.08. The van der Waals surface area contributed by atoms with Crippen LogP contribution in [0.1, 0.15) is 139 Å². The average Bonchev–Trinajstić information content (AvgIpc) is 1.63. The molecule has 4 aliphatic heterocycles. The van der Waals surface area contributed by atoms with Crippen molar-refractivity contribution in [2.75, 3.05) is 47.7 Å². The van der Waals surface area contributed by atoms with Crippen molar-refractivity contribution in [2.45, 2.75) is 154 Å². The van der Waals surface area contributed by atoms with Crippen molar-refractivity contribution >= 4 is 86.5 Å². The van der Waals surface area contributed by atoms with Gasteiger partial charge in [-0.05, 0) is 151 Å². The Hall–Kier alpha value is -13.3. The molecule has 3 fully saturated rings. The molecule has 0 bridgehead atoms. The summed E-state index contributed by atoms with van der Waals surface area (Å²) in [5.74, 6) is 19.5. The monoisotopic (exact) mass is 1830 g/mol. The van der Waals surface area contributed by atoms with E-state index in [0.717, 1.165) is 60.8 Å². The number of aliphatic hydroxyl groups excluding tert-OH is 4. The number of sulfonamides is 4. The maximum atomic E-state index is 13.0. The van der Waals surface area contributed by atoms with Crippen LogP contribution in [-0.2, 0) is 68.3 Å². The van der Waals surface area contributed by atoms with Crippen LogP contribution in [0, 0.1) is 138 Å². The first-order valence-electron chi connectivity index (χ1n) is 40.1. The summed E-state index contributed by atoms with van der Waals surface area (Å²) in [6.07, 6.45) is 5.80. The van der Waals surface area contributed by atoms with Gasteiger partial charge >= 0.3 is 0 Å². The molecule has 4 amide bonds. The third-order valence-electron chi connectivity index (χ3n) is 20.8. The Morgan fingerprint density at radius 1 is 0.388 bits per heavy atom. The van der Waals surface area contributed by atoms with Gasteiger partial charge in [0.05, 0.1) is 70.7 Å². The number of aromatic nitrogens is 4. The molecule has 8 aromatic rings. The molecule has 6 unspecified atom stereocenters. The van der Waals surface area contributed by atoms with Crippen molar-refractivity contribution in [3.8, 4) is 94.6 Å². The molecular weight excluding hydrogens is 1750 g/mol. The quantitative estimate of drug-likeness (QED) is 0.0752. The Labute approximate surface area is 744 Å². The molecule has 15 rings (SSSR count). The number of aliphatic hydroxyl groups is 5. The van der Waals surface area contributed by atoms with Crippen LogP contribution in [0.3, 0.4) is 0 Å². The smallest absolute Gasteiger partial charge is 0.276 e. The molecule has 8 heterocycles. The third kappa shape index (κ3) is 22.8. The number of carbonyl (C=O) groups is 4. The minimum Gasteiger partial charge on any atom is -0.488 e. The summed E-state index contributed by atoms with van der Waals surface area (Å²) in [5, 5.41) is 98.5. The maximum Gasteiger partial charge on any atom is 0.276 e. The molecule has 0 spiro atoms. The van der Waals surface area contributed by atoms with Crippen LogP contribution in [0.4, 0.5) is 22.7 Å². The van der Waals surface area contributed by atoms with Gasteiger partial charge in [-0.3, -0.25) is 19.2 Å². The second-order valence-corrected chi connectivity index (χ2v) is 38.7. The lowest BCUT2D eigenvalue weighted by atomic mass is 10.1. The van der Waals surface area contributed by atoms with Crippen LogP contribution in [0.2, 0.25) is 0 Å². The number of rotatable bonds is 12. The maximum absolute atomic E-state index is 13.0. The van der Waals surface area contributed by atoms with E-state index < -0.39 is 118 Å². The highest BCUT2D eigenvalue weighted by Gasteiger charge is 2.42. The molecule has 7 aliphatic rings. The summed E-state index contributed by atoms with van der Waals surface area (Å²) >= 11 is 0. The van der Waals surface area contributed by atoms with E-state index in [4.69, 9.17) is 18.9 Å². The normalized spacial score (nSPS) is 19.4. The molecule has 0 radical (unpaired) electrons. The number of nitrogens with zero attached hydrogens (tertiary/aromatic N) is 8. The Morgan fingerprint density at radius 2 is 0.597 bits per heavy atom. The third-order valence-corrected chi connectivity index (χ3v) is 26.8. The zero-order valence-corrected chi connectivity index (χ0v) is 74.4. The van der Waals surface area contributed by atoms with Crippen LogP contribution in [0.5, 0.6) is 23.0 Å². The number of amides is 4. The van der Waals surface area contributed by atoms with E-state index in [2.05, 4.69) is 106 Å². The van der Waals surface area contributed by atoms with Crippen molar-refractivity contribution in [3.63, 3.8) is 0 Å². The second-order valence-electron chi connectivity index (χ2n) is 32.0. The van der Waals surface area contributed by atoms with Crippen molar-refractivity contribution in [1.29, 1.82) is 21.0 Å². The topological polar surface area (TPSA) is 554 Å². The van der Waals surface area contributed by atoms with E-state index in [9.17, 15) is 99.4 Å². The van der Waals surface area contributed by atoms with E-state index in [1.165, 1.54) is 91.2 Å². The predicted molar refractivity (Wildman–Crippen MR) is 465 cm³/mol. The minimum atomic E-state index is -4.16. The number of hydrogen-bond donors (Lipinski definition) is 13. The molecule has 0 saturated heterocycles. The number of aryl methyl sites for hydroxylation is 8. The minimum absolute atomic E-state index is 0.00339. The number of benzene rings is 4. The Morgan fingerprint density at radius 3 is 0.791 bits per heavy atom. The molecule has 4 aromatic carbocycles. The van der Waals surface area contributed by atoms with Gasteiger partial charge in [0.2, 0.25) is 40.1 Å². The molecule has 4 aromatic heterocycles. The van der Waals surface area contributed by atoms with E-state index >= 15 is 0 Å². The molecule has 8 atom stereocenters. The lowest BCUT2D eigenvalue weighted by Gasteiger charge is -2.18. The lowest BCUT2D eigenvalue weighted by molar-refractivity contribution is 0.0999. The van der Waals surface area contributed by atoms with E-state index in [-0.39, 0.29) is 110 Å². The van der Waals surface area contributed by atoms with Crippen molar-refractivity contribution in [2.24, 2.45) is 45.9 Å². The van der Waals surface area contributed by atoms with E-state index in [1.54, 1.807) is 94.4 Å². The van der Waals surface area contributed by atoms with Gasteiger partial charge in [0.15, 0.2) is 45.8 Å². The number of carbonyl (C=O) groups excluding carboxylic acids is 4. The summed E-state index contributed by atoms with van der Waals surface area (Å²) in [7, 11) is -10.3. The summed E-state index contributed by atoms with van der Waals surface area (Å²) in [6, 6.07) is 23.7. The molecule has 3 saturated carbocycles. The number of ether oxygens (including phenoxy) is 4. The van der Waals surface area contributed by atoms with Crippen molar-refractivity contribution < 1.29 is 97.3 Å². The van der Waals surface area contributed by atoms with Crippen LogP contribution in [0.15, 0.2) is 117 Å². The molecule has 129 heavy (non-hydrogen) atoms. The van der Waals surface area contributed by atoms with Crippen LogP contribution in [0.25, 0.3) is 0 Å². The van der Waals surface area contributed by atoms with E-state index in [1.807, 2.05) is 6.07 Å². The number of anilines is 4. The van der Waals surface area contributed by atoms with Gasteiger partial charge in [-0.15, -0.1) is 0 Å². The van der Waals surface area contributed by atoms with Crippen molar-refractivity contribution in [3.05, 3.63) is 165 Å². The van der Waals surface area contributed by atoms with Gasteiger partial charge < -0.3 is 84.0 Å². The number of nitriles is 4.